The highest BCUT2D eigenvalue weighted by atomic mass is 16.5. The molecule has 94 valence electrons. The van der Waals surface area contributed by atoms with Crippen LogP contribution in [0.5, 0.6) is 0 Å². The number of hydrogen-bond donors (Lipinski definition) is 1. The third-order valence-electron chi connectivity index (χ3n) is 2.65. The molecule has 0 amide bonds. The summed E-state index contributed by atoms with van der Waals surface area (Å²) in [4.78, 5) is 11.8. The van der Waals surface area contributed by atoms with E-state index >= 15 is 0 Å². The predicted octanol–water partition coefficient (Wildman–Crippen LogP) is 2.46. The maximum atomic E-state index is 11.8. The highest BCUT2D eigenvalue weighted by molar-refractivity contribution is 5.77. The lowest BCUT2D eigenvalue weighted by atomic mass is 10.0. The van der Waals surface area contributed by atoms with Gasteiger partial charge in [0.25, 0.3) is 0 Å². The molecule has 1 rings (SSSR count). The second kappa shape index (κ2) is 7.07. The van der Waals surface area contributed by atoms with Crippen molar-refractivity contribution in [3.63, 3.8) is 0 Å². The van der Waals surface area contributed by atoms with Gasteiger partial charge in [-0.3, -0.25) is 0 Å². The summed E-state index contributed by atoms with van der Waals surface area (Å²) in [5.41, 5.74) is 2.23. The number of ether oxygens (including phenoxy) is 1. The first-order valence-corrected chi connectivity index (χ1v) is 6.21. The van der Waals surface area contributed by atoms with Gasteiger partial charge in [-0.05, 0) is 31.0 Å². The van der Waals surface area contributed by atoms with Crippen molar-refractivity contribution in [1.29, 1.82) is 0 Å². The molecule has 1 N–H and O–H groups in total. The van der Waals surface area contributed by atoms with Crippen LogP contribution in [0.2, 0.25) is 0 Å². The molecular formula is C14H21NO2. The van der Waals surface area contributed by atoms with E-state index in [0.717, 1.165) is 18.5 Å². The van der Waals surface area contributed by atoms with Gasteiger partial charge in [-0.1, -0.05) is 38.1 Å². The molecular weight excluding hydrogens is 214 g/mol. The van der Waals surface area contributed by atoms with E-state index in [9.17, 15) is 4.79 Å². The molecule has 0 saturated carbocycles. The minimum Gasteiger partial charge on any atom is -0.465 e. The zero-order valence-electron chi connectivity index (χ0n) is 10.8. The van der Waals surface area contributed by atoms with Gasteiger partial charge in [-0.2, -0.15) is 0 Å². The van der Waals surface area contributed by atoms with Crippen LogP contribution >= 0.6 is 0 Å². The minimum atomic E-state index is -0.356. The maximum absolute atomic E-state index is 11.8. The Balaban J connectivity index is 2.84. The van der Waals surface area contributed by atoms with Gasteiger partial charge >= 0.3 is 5.97 Å². The molecule has 0 radical (unpaired) electrons. The molecule has 3 heteroatoms. The fourth-order valence-corrected chi connectivity index (χ4v) is 1.71. The first-order valence-electron chi connectivity index (χ1n) is 6.21. The van der Waals surface area contributed by atoms with Gasteiger partial charge in [0.1, 0.15) is 6.04 Å². The van der Waals surface area contributed by atoms with Crippen molar-refractivity contribution in [2.75, 3.05) is 13.2 Å². The van der Waals surface area contributed by atoms with Gasteiger partial charge in [0, 0.05) is 0 Å². The van der Waals surface area contributed by atoms with Crippen molar-refractivity contribution >= 4 is 5.97 Å². The number of rotatable bonds is 6. The molecule has 0 spiro atoms. The Hall–Kier alpha value is -1.35. The van der Waals surface area contributed by atoms with Crippen LogP contribution in [0.15, 0.2) is 24.3 Å². The van der Waals surface area contributed by atoms with Crippen LogP contribution in [-0.4, -0.2) is 19.1 Å². The third kappa shape index (κ3) is 3.86. The van der Waals surface area contributed by atoms with E-state index in [4.69, 9.17) is 4.74 Å². The predicted molar refractivity (Wildman–Crippen MR) is 68.9 cm³/mol. The van der Waals surface area contributed by atoms with Crippen LogP contribution in [0, 0.1) is 0 Å². The van der Waals surface area contributed by atoms with Gasteiger partial charge in [-0.25, -0.2) is 4.79 Å². The number of esters is 1. The number of benzene rings is 1. The van der Waals surface area contributed by atoms with Crippen LogP contribution < -0.4 is 5.32 Å². The fourth-order valence-electron chi connectivity index (χ4n) is 1.71. The zero-order chi connectivity index (χ0) is 12.7. The fraction of sp³-hybridized carbons (Fsp3) is 0.500. The average molecular weight is 235 g/mol. The summed E-state index contributed by atoms with van der Waals surface area (Å²) in [5, 5.41) is 3.15. The van der Waals surface area contributed by atoms with E-state index in [-0.39, 0.29) is 12.0 Å². The van der Waals surface area contributed by atoms with E-state index in [1.807, 2.05) is 26.0 Å². The van der Waals surface area contributed by atoms with E-state index in [0.29, 0.717) is 6.61 Å². The lowest BCUT2D eigenvalue weighted by Crippen LogP contribution is -2.30. The highest BCUT2D eigenvalue weighted by Crippen LogP contribution is 2.16. The van der Waals surface area contributed by atoms with Crippen LogP contribution in [0.4, 0.5) is 0 Å². The Morgan fingerprint density at radius 1 is 1.24 bits per heavy atom. The molecule has 0 bridgehead atoms. The van der Waals surface area contributed by atoms with Gasteiger partial charge < -0.3 is 10.1 Å². The number of nitrogens with one attached hydrogen (secondary N) is 1. The van der Waals surface area contributed by atoms with Gasteiger partial charge in [0.05, 0.1) is 6.61 Å². The molecule has 1 aromatic rings. The number of aryl methyl sites for hydroxylation is 1. The van der Waals surface area contributed by atoms with Gasteiger partial charge in [0.2, 0.25) is 0 Å². The summed E-state index contributed by atoms with van der Waals surface area (Å²) in [6.07, 6.45) is 1.01. The quantitative estimate of drug-likeness (QED) is 0.770. The van der Waals surface area contributed by atoms with Crippen molar-refractivity contribution < 1.29 is 9.53 Å². The number of carbonyl (C=O) groups is 1. The SMILES string of the molecule is CCNC(C(=O)OCC)c1ccc(CC)cc1. The molecule has 0 aliphatic heterocycles. The minimum absolute atomic E-state index is 0.210. The monoisotopic (exact) mass is 235 g/mol. The molecule has 0 heterocycles. The number of likely N-dealkylation sites (N-methyl/N-ethyl adjacent to an activating group) is 1. The smallest absolute Gasteiger partial charge is 0.327 e. The molecule has 1 atom stereocenters. The zero-order valence-corrected chi connectivity index (χ0v) is 10.8. The number of carbonyl (C=O) groups excluding carboxylic acids is 1. The lowest BCUT2D eigenvalue weighted by Gasteiger charge is -2.16. The average Bonchev–Trinajstić information content (AvgIpc) is 2.36. The lowest BCUT2D eigenvalue weighted by molar-refractivity contribution is -0.145. The summed E-state index contributed by atoms with van der Waals surface area (Å²) in [5.74, 6) is -0.210. The Labute approximate surface area is 103 Å². The second-order valence-electron chi connectivity index (χ2n) is 3.84. The van der Waals surface area contributed by atoms with Crippen LogP contribution in [-0.2, 0) is 16.0 Å². The van der Waals surface area contributed by atoms with E-state index in [2.05, 4.69) is 24.4 Å². The summed E-state index contributed by atoms with van der Waals surface area (Å²) < 4.78 is 5.07. The van der Waals surface area contributed by atoms with Gasteiger partial charge in [0.15, 0.2) is 0 Å². The second-order valence-corrected chi connectivity index (χ2v) is 3.84. The highest BCUT2D eigenvalue weighted by Gasteiger charge is 2.20. The Morgan fingerprint density at radius 3 is 2.35 bits per heavy atom. The maximum Gasteiger partial charge on any atom is 0.327 e. The molecule has 17 heavy (non-hydrogen) atoms. The van der Waals surface area contributed by atoms with E-state index in [1.54, 1.807) is 0 Å². The molecule has 0 aromatic heterocycles. The van der Waals surface area contributed by atoms with Crippen molar-refractivity contribution in [3.05, 3.63) is 35.4 Å². The van der Waals surface area contributed by atoms with Crippen molar-refractivity contribution in [2.45, 2.75) is 33.2 Å². The van der Waals surface area contributed by atoms with Crippen molar-refractivity contribution in [1.82, 2.24) is 5.32 Å². The standard InChI is InChI=1S/C14H21NO2/c1-4-11-7-9-12(10-8-11)13(15-5-2)14(16)17-6-3/h7-10,13,15H,4-6H2,1-3H3. The summed E-state index contributed by atoms with van der Waals surface area (Å²) in [6.45, 7) is 7.06. The first-order chi connectivity index (χ1) is 8.22. The van der Waals surface area contributed by atoms with Gasteiger partial charge in [-0.15, -0.1) is 0 Å². The Bertz CT molecular complexity index is 346. The summed E-state index contributed by atoms with van der Waals surface area (Å²) in [7, 11) is 0. The molecule has 0 fully saturated rings. The molecule has 1 aromatic carbocycles. The topological polar surface area (TPSA) is 38.3 Å². The molecule has 0 saturated heterocycles. The third-order valence-corrected chi connectivity index (χ3v) is 2.65. The Kier molecular flexibility index (Phi) is 5.70. The molecule has 0 aliphatic rings. The van der Waals surface area contributed by atoms with Crippen molar-refractivity contribution in [2.24, 2.45) is 0 Å². The number of hydrogen-bond acceptors (Lipinski definition) is 3. The van der Waals surface area contributed by atoms with E-state index in [1.165, 1.54) is 5.56 Å². The molecule has 3 nitrogen and oxygen atoms in total. The van der Waals surface area contributed by atoms with E-state index < -0.39 is 0 Å². The molecule has 0 aliphatic carbocycles. The summed E-state index contributed by atoms with van der Waals surface area (Å²) >= 11 is 0. The normalized spacial score (nSPS) is 12.2. The largest absolute Gasteiger partial charge is 0.465 e. The Morgan fingerprint density at radius 2 is 1.88 bits per heavy atom. The van der Waals surface area contributed by atoms with Crippen LogP contribution in [0.3, 0.4) is 0 Å². The van der Waals surface area contributed by atoms with Crippen LogP contribution in [0.1, 0.15) is 37.9 Å². The van der Waals surface area contributed by atoms with Crippen LogP contribution in [0.25, 0.3) is 0 Å². The summed E-state index contributed by atoms with van der Waals surface area (Å²) in [6, 6.07) is 7.73. The molecule has 1 unspecified atom stereocenters. The van der Waals surface area contributed by atoms with Crippen molar-refractivity contribution in [3.8, 4) is 0 Å². The first kappa shape index (κ1) is 13.7.